The van der Waals surface area contributed by atoms with Gasteiger partial charge in [-0.05, 0) is 38.0 Å². The van der Waals surface area contributed by atoms with E-state index in [0.717, 1.165) is 17.5 Å². The maximum absolute atomic E-state index is 12.2. The summed E-state index contributed by atoms with van der Waals surface area (Å²) in [6.07, 6.45) is 2.74. The molecule has 0 unspecified atom stereocenters. The summed E-state index contributed by atoms with van der Waals surface area (Å²) in [5.74, 6) is 0.514. The monoisotopic (exact) mass is 287 g/mol. The summed E-state index contributed by atoms with van der Waals surface area (Å²) in [6.45, 7) is 6.57. The third-order valence-corrected chi connectivity index (χ3v) is 3.14. The quantitative estimate of drug-likeness (QED) is 0.857. The molecule has 21 heavy (non-hydrogen) atoms. The zero-order chi connectivity index (χ0) is 15.2. The van der Waals surface area contributed by atoms with Crippen molar-refractivity contribution in [1.29, 1.82) is 0 Å². The molecule has 0 bridgehead atoms. The summed E-state index contributed by atoms with van der Waals surface area (Å²) >= 11 is 0. The Kier molecular flexibility index (Phi) is 5.11. The van der Waals surface area contributed by atoms with E-state index in [9.17, 15) is 4.79 Å². The predicted molar refractivity (Wildman–Crippen MR) is 82.3 cm³/mol. The lowest BCUT2D eigenvalue weighted by Gasteiger charge is -2.08. The van der Waals surface area contributed by atoms with Crippen LogP contribution in [0.5, 0.6) is 0 Å². The number of nitrogens with one attached hydrogen (secondary N) is 2. The average Bonchev–Trinajstić information content (AvgIpc) is 2.92. The maximum Gasteiger partial charge on any atom is 0.256 e. The smallest absolute Gasteiger partial charge is 0.256 e. The molecule has 2 aromatic rings. The zero-order valence-electron chi connectivity index (χ0n) is 12.6. The highest BCUT2D eigenvalue weighted by molar-refractivity contribution is 6.04. The Morgan fingerprint density at radius 2 is 2.05 bits per heavy atom. The summed E-state index contributed by atoms with van der Waals surface area (Å²) in [7, 11) is 0. The van der Waals surface area contributed by atoms with Crippen molar-refractivity contribution in [3.8, 4) is 0 Å². The lowest BCUT2D eigenvalue weighted by Crippen LogP contribution is -2.13. The molecule has 2 N–H and O–H groups in total. The SMILES string of the molecule is CCc1cn[nH]c1NC(=O)c1ccc(COC(C)C)cc1. The lowest BCUT2D eigenvalue weighted by molar-refractivity contribution is 0.0657. The molecule has 1 amide bonds. The first-order valence-corrected chi connectivity index (χ1v) is 7.14. The van der Waals surface area contributed by atoms with Crippen LogP contribution in [-0.4, -0.2) is 22.2 Å². The summed E-state index contributed by atoms with van der Waals surface area (Å²) in [6, 6.07) is 7.42. The van der Waals surface area contributed by atoms with Crippen LogP contribution in [0, 0.1) is 0 Å². The van der Waals surface area contributed by atoms with Crippen LogP contribution in [-0.2, 0) is 17.8 Å². The Bertz CT molecular complexity index is 588. The van der Waals surface area contributed by atoms with E-state index in [1.807, 2.05) is 32.9 Å². The van der Waals surface area contributed by atoms with E-state index >= 15 is 0 Å². The number of anilines is 1. The number of nitrogens with zero attached hydrogens (tertiary/aromatic N) is 1. The molecule has 0 saturated heterocycles. The van der Waals surface area contributed by atoms with E-state index in [0.29, 0.717) is 18.0 Å². The number of benzene rings is 1. The molecule has 0 spiro atoms. The number of aryl methyl sites for hydroxylation is 1. The number of carbonyl (C=O) groups excluding carboxylic acids is 1. The van der Waals surface area contributed by atoms with Crippen LogP contribution in [0.2, 0.25) is 0 Å². The Balaban J connectivity index is 2.00. The van der Waals surface area contributed by atoms with Gasteiger partial charge in [-0.15, -0.1) is 0 Å². The predicted octanol–water partition coefficient (Wildman–Crippen LogP) is 3.15. The highest BCUT2D eigenvalue weighted by Gasteiger charge is 2.10. The highest BCUT2D eigenvalue weighted by atomic mass is 16.5. The topological polar surface area (TPSA) is 67.0 Å². The first-order chi connectivity index (χ1) is 10.1. The summed E-state index contributed by atoms with van der Waals surface area (Å²) in [4.78, 5) is 12.2. The van der Waals surface area contributed by atoms with Crippen molar-refractivity contribution in [2.75, 3.05) is 5.32 Å². The molecule has 112 valence electrons. The second kappa shape index (κ2) is 7.04. The summed E-state index contributed by atoms with van der Waals surface area (Å²) in [5, 5.41) is 9.58. The lowest BCUT2D eigenvalue weighted by atomic mass is 10.1. The molecule has 0 fully saturated rings. The van der Waals surface area contributed by atoms with Gasteiger partial charge in [0, 0.05) is 11.1 Å². The molecule has 1 heterocycles. The van der Waals surface area contributed by atoms with Gasteiger partial charge in [0.15, 0.2) is 0 Å². The second-order valence-corrected chi connectivity index (χ2v) is 5.13. The van der Waals surface area contributed by atoms with Crippen molar-refractivity contribution < 1.29 is 9.53 Å². The van der Waals surface area contributed by atoms with Gasteiger partial charge in [0.05, 0.1) is 18.9 Å². The average molecular weight is 287 g/mol. The van der Waals surface area contributed by atoms with E-state index < -0.39 is 0 Å². The minimum absolute atomic E-state index is 0.148. The van der Waals surface area contributed by atoms with Crippen LogP contribution in [0.3, 0.4) is 0 Å². The van der Waals surface area contributed by atoms with Crippen LogP contribution in [0.4, 0.5) is 5.82 Å². The Hall–Kier alpha value is -2.14. The molecule has 0 atom stereocenters. The van der Waals surface area contributed by atoms with Crippen LogP contribution >= 0.6 is 0 Å². The van der Waals surface area contributed by atoms with Gasteiger partial charge in [0.2, 0.25) is 0 Å². The number of amides is 1. The van der Waals surface area contributed by atoms with Gasteiger partial charge in [0.25, 0.3) is 5.91 Å². The number of carbonyl (C=O) groups is 1. The highest BCUT2D eigenvalue weighted by Crippen LogP contribution is 2.14. The van der Waals surface area contributed by atoms with Gasteiger partial charge in [-0.1, -0.05) is 19.1 Å². The molecular formula is C16H21N3O2. The number of H-pyrrole nitrogens is 1. The number of aromatic amines is 1. The van der Waals surface area contributed by atoms with Gasteiger partial charge in [-0.2, -0.15) is 5.10 Å². The van der Waals surface area contributed by atoms with Crippen LogP contribution in [0.1, 0.15) is 42.3 Å². The van der Waals surface area contributed by atoms with Crippen LogP contribution < -0.4 is 5.32 Å². The van der Waals surface area contributed by atoms with Crippen molar-refractivity contribution in [3.05, 3.63) is 47.2 Å². The Labute approximate surface area is 124 Å². The fraction of sp³-hybridized carbons (Fsp3) is 0.375. The van der Waals surface area contributed by atoms with Crippen molar-refractivity contribution in [2.24, 2.45) is 0 Å². The van der Waals surface area contributed by atoms with Gasteiger partial charge in [0.1, 0.15) is 5.82 Å². The summed E-state index contributed by atoms with van der Waals surface area (Å²) < 4.78 is 5.53. The van der Waals surface area contributed by atoms with Crippen molar-refractivity contribution in [2.45, 2.75) is 39.9 Å². The molecule has 0 aliphatic carbocycles. The van der Waals surface area contributed by atoms with E-state index in [1.165, 1.54) is 0 Å². The van der Waals surface area contributed by atoms with E-state index in [2.05, 4.69) is 15.5 Å². The number of hydrogen-bond acceptors (Lipinski definition) is 3. The first kappa shape index (κ1) is 15.3. The van der Waals surface area contributed by atoms with E-state index in [-0.39, 0.29) is 12.0 Å². The largest absolute Gasteiger partial charge is 0.374 e. The molecule has 5 nitrogen and oxygen atoms in total. The van der Waals surface area contributed by atoms with E-state index in [1.54, 1.807) is 18.3 Å². The molecular weight excluding hydrogens is 266 g/mol. The third-order valence-electron chi connectivity index (χ3n) is 3.14. The minimum atomic E-state index is -0.148. The van der Waals surface area contributed by atoms with Crippen molar-refractivity contribution in [1.82, 2.24) is 10.2 Å². The fourth-order valence-electron chi connectivity index (χ4n) is 1.89. The maximum atomic E-state index is 12.2. The molecule has 0 radical (unpaired) electrons. The molecule has 0 aliphatic heterocycles. The first-order valence-electron chi connectivity index (χ1n) is 7.14. The molecule has 0 saturated carbocycles. The van der Waals surface area contributed by atoms with Crippen molar-refractivity contribution in [3.63, 3.8) is 0 Å². The number of aromatic nitrogens is 2. The molecule has 1 aromatic heterocycles. The van der Waals surface area contributed by atoms with Gasteiger partial charge in [-0.3, -0.25) is 9.89 Å². The molecule has 2 rings (SSSR count). The molecule has 0 aliphatic rings. The van der Waals surface area contributed by atoms with Crippen LogP contribution in [0.25, 0.3) is 0 Å². The molecule has 1 aromatic carbocycles. The molecule has 5 heteroatoms. The normalized spacial score (nSPS) is 10.9. The van der Waals surface area contributed by atoms with Gasteiger partial charge >= 0.3 is 0 Å². The fourth-order valence-corrected chi connectivity index (χ4v) is 1.89. The minimum Gasteiger partial charge on any atom is -0.374 e. The second-order valence-electron chi connectivity index (χ2n) is 5.13. The number of rotatable bonds is 6. The standard InChI is InChI=1S/C16H21N3O2/c1-4-13-9-17-19-15(13)18-16(20)14-7-5-12(6-8-14)10-21-11(2)3/h5-9,11H,4,10H2,1-3H3,(H2,17,18,19,20). The van der Waals surface area contributed by atoms with Crippen molar-refractivity contribution >= 4 is 11.7 Å². The van der Waals surface area contributed by atoms with Crippen LogP contribution in [0.15, 0.2) is 30.5 Å². The van der Waals surface area contributed by atoms with Gasteiger partial charge in [-0.25, -0.2) is 0 Å². The summed E-state index contributed by atoms with van der Waals surface area (Å²) in [5.41, 5.74) is 2.65. The number of ether oxygens (including phenoxy) is 1. The van der Waals surface area contributed by atoms with E-state index in [4.69, 9.17) is 4.74 Å². The van der Waals surface area contributed by atoms with Gasteiger partial charge < -0.3 is 10.1 Å². The Morgan fingerprint density at radius 1 is 1.33 bits per heavy atom. The third kappa shape index (κ3) is 4.16. The number of hydrogen-bond donors (Lipinski definition) is 2. The zero-order valence-corrected chi connectivity index (χ0v) is 12.6. The Morgan fingerprint density at radius 3 is 2.67 bits per heavy atom.